The smallest absolute Gasteiger partial charge is 0.241 e. The molecular weight excluding hydrogens is 221 g/mol. The SMILES string of the molecule is CN1CC2CNCC(=O)N2c2cc(F)ccc21. The minimum atomic E-state index is -0.302. The Bertz CT molecular complexity index is 477. The molecule has 1 saturated heterocycles. The Morgan fingerprint density at radius 1 is 1.41 bits per heavy atom. The normalized spacial score (nSPS) is 23.4. The fourth-order valence-corrected chi connectivity index (χ4v) is 2.63. The summed E-state index contributed by atoms with van der Waals surface area (Å²) in [6, 6.07) is 4.70. The summed E-state index contributed by atoms with van der Waals surface area (Å²) in [5, 5.41) is 3.09. The molecule has 0 bridgehead atoms. The van der Waals surface area contributed by atoms with Gasteiger partial charge in [-0.15, -0.1) is 0 Å². The van der Waals surface area contributed by atoms with Crippen LogP contribution < -0.4 is 15.1 Å². The molecular formula is C12H14FN3O. The van der Waals surface area contributed by atoms with Crippen LogP contribution in [0.15, 0.2) is 18.2 Å². The number of amides is 1. The Labute approximate surface area is 99.0 Å². The maximum absolute atomic E-state index is 13.3. The molecule has 1 atom stereocenters. The molecule has 1 unspecified atom stereocenters. The first-order valence-electron chi connectivity index (χ1n) is 5.70. The number of likely N-dealkylation sites (N-methyl/N-ethyl adjacent to an activating group) is 1. The zero-order chi connectivity index (χ0) is 12.0. The molecule has 1 aromatic rings. The number of rotatable bonds is 0. The van der Waals surface area contributed by atoms with Gasteiger partial charge in [-0.3, -0.25) is 4.79 Å². The van der Waals surface area contributed by atoms with Gasteiger partial charge in [0.15, 0.2) is 0 Å². The Hall–Kier alpha value is -1.62. The number of hydrogen-bond acceptors (Lipinski definition) is 3. The summed E-state index contributed by atoms with van der Waals surface area (Å²) in [5.74, 6) is -0.287. The summed E-state index contributed by atoms with van der Waals surface area (Å²) in [6.07, 6.45) is 0. The van der Waals surface area contributed by atoms with Gasteiger partial charge in [-0.05, 0) is 18.2 Å². The highest BCUT2D eigenvalue weighted by molar-refractivity contribution is 6.00. The molecule has 1 fully saturated rings. The number of benzene rings is 1. The predicted octanol–water partition coefficient (Wildman–Crippen LogP) is 0.580. The van der Waals surface area contributed by atoms with E-state index in [1.165, 1.54) is 12.1 Å². The van der Waals surface area contributed by atoms with Gasteiger partial charge in [-0.1, -0.05) is 0 Å². The number of carbonyl (C=O) groups is 1. The second-order valence-electron chi connectivity index (χ2n) is 4.56. The maximum Gasteiger partial charge on any atom is 0.241 e. The monoisotopic (exact) mass is 235 g/mol. The van der Waals surface area contributed by atoms with Crippen LogP contribution in [0.2, 0.25) is 0 Å². The molecule has 17 heavy (non-hydrogen) atoms. The highest BCUT2D eigenvalue weighted by Crippen LogP contribution is 2.35. The zero-order valence-corrected chi connectivity index (χ0v) is 9.61. The minimum absolute atomic E-state index is 0.0150. The van der Waals surface area contributed by atoms with Crippen molar-refractivity contribution in [3.8, 4) is 0 Å². The van der Waals surface area contributed by atoms with Crippen molar-refractivity contribution in [2.24, 2.45) is 0 Å². The Morgan fingerprint density at radius 3 is 3.06 bits per heavy atom. The number of nitrogens with zero attached hydrogens (tertiary/aromatic N) is 2. The predicted molar refractivity (Wildman–Crippen MR) is 63.8 cm³/mol. The van der Waals surface area contributed by atoms with Crippen LogP contribution in [0.5, 0.6) is 0 Å². The third-order valence-electron chi connectivity index (χ3n) is 3.38. The van der Waals surface area contributed by atoms with Crippen LogP contribution in [-0.2, 0) is 4.79 Å². The van der Waals surface area contributed by atoms with Crippen LogP contribution in [0.4, 0.5) is 15.8 Å². The van der Waals surface area contributed by atoms with Crippen molar-refractivity contribution in [1.82, 2.24) is 5.32 Å². The number of nitrogens with one attached hydrogen (secondary N) is 1. The first-order chi connectivity index (χ1) is 8.16. The number of fused-ring (bicyclic) bond motifs is 3. The molecule has 0 saturated carbocycles. The minimum Gasteiger partial charge on any atom is -0.371 e. The van der Waals surface area contributed by atoms with E-state index in [2.05, 4.69) is 10.2 Å². The van der Waals surface area contributed by atoms with Crippen LogP contribution in [0.25, 0.3) is 0 Å². The largest absolute Gasteiger partial charge is 0.371 e. The van der Waals surface area contributed by atoms with E-state index in [9.17, 15) is 9.18 Å². The number of carbonyl (C=O) groups excluding carboxylic acids is 1. The summed E-state index contributed by atoms with van der Waals surface area (Å²) in [4.78, 5) is 15.7. The first-order valence-corrected chi connectivity index (χ1v) is 5.70. The van der Waals surface area contributed by atoms with Gasteiger partial charge in [0.25, 0.3) is 0 Å². The zero-order valence-electron chi connectivity index (χ0n) is 9.61. The molecule has 1 N–H and O–H groups in total. The summed E-state index contributed by atoms with van der Waals surface area (Å²) in [7, 11) is 1.97. The Kier molecular flexibility index (Phi) is 2.29. The molecule has 2 heterocycles. The second kappa shape index (κ2) is 3.70. The van der Waals surface area contributed by atoms with Crippen LogP contribution in [0.3, 0.4) is 0 Å². The highest BCUT2D eigenvalue weighted by Gasteiger charge is 2.35. The van der Waals surface area contributed by atoms with Crippen molar-refractivity contribution in [2.75, 3.05) is 36.5 Å². The molecule has 1 aromatic carbocycles. The number of piperazine rings is 1. The molecule has 0 spiro atoms. The van der Waals surface area contributed by atoms with Crippen molar-refractivity contribution in [1.29, 1.82) is 0 Å². The van der Waals surface area contributed by atoms with E-state index >= 15 is 0 Å². The first kappa shape index (κ1) is 10.5. The summed E-state index contributed by atoms with van der Waals surface area (Å²) >= 11 is 0. The fraction of sp³-hybridized carbons (Fsp3) is 0.417. The van der Waals surface area contributed by atoms with Gasteiger partial charge in [-0.25, -0.2) is 4.39 Å². The van der Waals surface area contributed by atoms with Gasteiger partial charge >= 0.3 is 0 Å². The van der Waals surface area contributed by atoms with Crippen molar-refractivity contribution < 1.29 is 9.18 Å². The van der Waals surface area contributed by atoms with E-state index in [1.54, 1.807) is 11.0 Å². The summed E-state index contributed by atoms with van der Waals surface area (Å²) < 4.78 is 13.3. The van der Waals surface area contributed by atoms with Crippen LogP contribution in [-0.4, -0.2) is 38.6 Å². The van der Waals surface area contributed by atoms with E-state index in [1.807, 2.05) is 7.05 Å². The molecule has 2 aliphatic heterocycles. The van der Waals surface area contributed by atoms with Crippen molar-refractivity contribution in [2.45, 2.75) is 6.04 Å². The van der Waals surface area contributed by atoms with Gasteiger partial charge in [0.1, 0.15) is 5.82 Å². The summed E-state index contributed by atoms with van der Waals surface area (Å²) in [6.45, 7) is 1.86. The standard InChI is InChI=1S/C12H14FN3O/c1-15-7-9-5-14-6-12(17)16(9)11-4-8(13)2-3-10(11)15/h2-4,9,14H,5-7H2,1H3. The van der Waals surface area contributed by atoms with Gasteiger partial charge in [0.05, 0.1) is 24.0 Å². The van der Waals surface area contributed by atoms with Crippen molar-refractivity contribution >= 4 is 17.3 Å². The Morgan fingerprint density at radius 2 is 2.24 bits per heavy atom. The molecule has 0 aromatic heterocycles. The number of anilines is 2. The lowest BCUT2D eigenvalue weighted by Gasteiger charge is -2.44. The lowest BCUT2D eigenvalue weighted by atomic mass is 10.0. The van der Waals surface area contributed by atoms with E-state index in [4.69, 9.17) is 0 Å². The fourth-order valence-electron chi connectivity index (χ4n) is 2.63. The van der Waals surface area contributed by atoms with Crippen molar-refractivity contribution in [3.05, 3.63) is 24.0 Å². The molecule has 0 aliphatic carbocycles. The third kappa shape index (κ3) is 1.58. The van der Waals surface area contributed by atoms with E-state index in [-0.39, 0.29) is 17.8 Å². The quantitative estimate of drug-likeness (QED) is 0.714. The third-order valence-corrected chi connectivity index (χ3v) is 3.38. The highest BCUT2D eigenvalue weighted by atomic mass is 19.1. The molecule has 0 radical (unpaired) electrons. The van der Waals surface area contributed by atoms with E-state index < -0.39 is 0 Å². The lowest BCUT2D eigenvalue weighted by molar-refractivity contribution is -0.119. The topological polar surface area (TPSA) is 35.6 Å². The van der Waals surface area contributed by atoms with E-state index in [0.29, 0.717) is 12.2 Å². The van der Waals surface area contributed by atoms with Gasteiger partial charge in [-0.2, -0.15) is 0 Å². The number of halogens is 1. The van der Waals surface area contributed by atoms with Crippen molar-refractivity contribution in [3.63, 3.8) is 0 Å². The lowest BCUT2D eigenvalue weighted by Crippen LogP contribution is -2.61. The number of hydrogen-bond donors (Lipinski definition) is 1. The van der Waals surface area contributed by atoms with E-state index in [0.717, 1.165) is 18.8 Å². The van der Waals surface area contributed by atoms with Gasteiger partial charge < -0.3 is 15.1 Å². The molecule has 5 heteroatoms. The molecule has 90 valence electrons. The van der Waals surface area contributed by atoms with Gasteiger partial charge in [0.2, 0.25) is 5.91 Å². The summed E-state index contributed by atoms with van der Waals surface area (Å²) in [5.41, 5.74) is 1.60. The van der Waals surface area contributed by atoms with Crippen LogP contribution >= 0.6 is 0 Å². The molecule has 2 aliphatic rings. The second-order valence-corrected chi connectivity index (χ2v) is 4.56. The molecule has 4 nitrogen and oxygen atoms in total. The average molecular weight is 235 g/mol. The van der Waals surface area contributed by atoms with Gasteiger partial charge in [0, 0.05) is 20.1 Å². The maximum atomic E-state index is 13.3. The molecule has 3 rings (SSSR count). The average Bonchev–Trinajstić information content (AvgIpc) is 2.28. The van der Waals surface area contributed by atoms with Crippen LogP contribution in [0.1, 0.15) is 0 Å². The van der Waals surface area contributed by atoms with Crippen LogP contribution in [0, 0.1) is 5.82 Å². The molecule has 1 amide bonds. The Balaban J connectivity index is 2.12.